The van der Waals surface area contributed by atoms with Crippen LogP contribution in [0.4, 0.5) is 5.69 Å². The Bertz CT molecular complexity index is 510. The zero-order valence-corrected chi connectivity index (χ0v) is 11.1. The number of esters is 1. The van der Waals surface area contributed by atoms with Crippen molar-refractivity contribution in [2.75, 3.05) is 30.8 Å². The third-order valence-electron chi connectivity index (χ3n) is 2.45. The number of carbonyl (C=O) groups excluding carboxylic acids is 1. The normalized spacial score (nSPS) is 11.1. The predicted molar refractivity (Wildman–Crippen MR) is 69.0 cm³/mol. The lowest BCUT2D eigenvalue weighted by atomic mass is 10.2. The van der Waals surface area contributed by atoms with Gasteiger partial charge in [-0.15, -0.1) is 0 Å². The van der Waals surface area contributed by atoms with Crippen LogP contribution in [0.1, 0.15) is 10.4 Å². The third-order valence-corrected chi connectivity index (χ3v) is 4.24. The highest BCUT2D eigenvalue weighted by Crippen LogP contribution is 2.17. The molecule has 1 aromatic rings. The molecule has 0 saturated heterocycles. The van der Waals surface area contributed by atoms with Gasteiger partial charge in [0.05, 0.1) is 24.1 Å². The molecule has 0 unspecified atom stereocenters. The van der Waals surface area contributed by atoms with Crippen molar-refractivity contribution in [2.24, 2.45) is 5.73 Å². The highest BCUT2D eigenvalue weighted by Gasteiger charge is 2.17. The second-order valence-corrected chi connectivity index (χ2v) is 5.73. The van der Waals surface area contributed by atoms with Gasteiger partial charge < -0.3 is 10.5 Å². The smallest absolute Gasteiger partial charge is 0.337 e. The Balaban J connectivity index is 2.95. The molecule has 0 radical (unpaired) electrons. The van der Waals surface area contributed by atoms with Crippen molar-refractivity contribution >= 4 is 21.7 Å². The first kappa shape index (κ1) is 14.5. The fraction of sp³-hybridized carbons (Fsp3) is 0.364. The molecule has 0 bridgehead atoms. The summed E-state index contributed by atoms with van der Waals surface area (Å²) in [6.07, 6.45) is 0. The molecule has 100 valence electrons. The van der Waals surface area contributed by atoms with Crippen LogP contribution in [0.15, 0.2) is 24.3 Å². The molecule has 6 nitrogen and oxygen atoms in total. The molecule has 0 aliphatic heterocycles. The molecular weight excluding hydrogens is 256 g/mol. The quantitative estimate of drug-likeness (QED) is 0.773. The minimum atomic E-state index is -3.41. The van der Waals surface area contributed by atoms with Crippen LogP contribution in [-0.4, -0.2) is 40.8 Å². The van der Waals surface area contributed by atoms with E-state index in [-0.39, 0.29) is 12.3 Å². The maximum absolute atomic E-state index is 11.8. The van der Waals surface area contributed by atoms with Crippen LogP contribution < -0.4 is 10.0 Å². The Morgan fingerprint density at radius 1 is 1.33 bits per heavy atom. The fourth-order valence-electron chi connectivity index (χ4n) is 1.37. The van der Waals surface area contributed by atoms with Crippen LogP contribution in [0.5, 0.6) is 0 Å². The number of benzene rings is 1. The SMILES string of the molecule is COC(=O)c1ccc(N(C)S(=O)(=O)CCN)cc1. The maximum Gasteiger partial charge on any atom is 0.337 e. The van der Waals surface area contributed by atoms with Gasteiger partial charge in [0, 0.05) is 13.6 Å². The minimum absolute atomic E-state index is 0.0624. The van der Waals surface area contributed by atoms with E-state index >= 15 is 0 Å². The summed E-state index contributed by atoms with van der Waals surface area (Å²) in [6, 6.07) is 6.10. The average Bonchev–Trinajstić information content (AvgIpc) is 2.37. The first-order valence-corrected chi connectivity index (χ1v) is 6.88. The Kier molecular flexibility index (Phi) is 4.69. The summed E-state index contributed by atoms with van der Waals surface area (Å²) in [5.74, 6) is -0.587. The molecule has 0 aliphatic rings. The number of ether oxygens (including phenoxy) is 1. The first-order chi connectivity index (χ1) is 8.42. The number of hydrogen-bond acceptors (Lipinski definition) is 5. The van der Waals surface area contributed by atoms with Gasteiger partial charge in [-0.25, -0.2) is 13.2 Å². The fourth-order valence-corrected chi connectivity index (χ4v) is 2.39. The first-order valence-electron chi connectivity index (χ1n) is 5.27. The van der Waals surface area contributed by atoms with Gasteiger partial charge in [-0.3, -0.25) is 4.31 Å². The second kappa shape index (κ2) is 5.83. The van der Waals surface area contributed by atoms with Crippen molar-refractivity contribution in [2.45, 2.75) is 0 Å². The van der Waals surface area contributed by atoms with Crippen molar-refractivity contribution in [1.82, 2.24) is 0 Å². The van der Waals surface area contributed by atoms with Gasteiger partial charge >= 0.3 is 5.97 Å². The largest absolute Gasteiger partial charge is 0.465 e. The number of sulfonamides is 1. The number of hydrogen-bond donors (Lipinski definition) is 1. The Morgan fingerprint density at radius 2 is 1.89 bits per heavy atom. The lowest BCUT2D eigenvalue weighted by molar-refractivity contribution is 0.0601. The Morgan fingerprint density at radius 3 is 2.33 bits per heavy atom. The molecular formula is C11H16N2O4S. The van der Waals surface area contributed by atoms with Gasteiger partial charge in [-0.1, -0.05) is 0 Å². The summed E-state index contributed by atoms with van der Waals surface area (Å²) >= 11 is 0. The van der Waals surface area contributed by atoms with Crippen molar-refractivity contribution in [3.63, 3.8) is 0 Å². The van der Waals surface area contributed by atoms with E-state index in [1.165, 1.54) is 26.3 Å². The number of nitrogens with two attached hydrogens (primary N) is 1. The minimum Gasteiger partial charge on any atom is -0.465 e. The van der Waals surface area contributed by atoms with Crippen LogP contribution >= 0.6 is 0 Å². The van der Waals surface area contributed by atoms with Crippen LogP contribution in [0, 0.1) is 0 Å². The van der Waals surface area contributed by atoms with E-state index in [0.29, 0.717) is 11.3 Å². The van der Waals surface area contributed by atoms with Crippen molar-refractivity contribution in [3.05, 3.63) is 29.8 Å². The standard InChI is InChI=1S/C11H16N2O4S/c1-13(18(15,16)8-7-12)10-5-3-9(4-6-10)11(14)17-2/h3-6H,7-8,12H2,1-2H3. The van der Waals surface area contributed by atoms with E-state index in [0.717, 1.165) is 4.31 Å². The number of rotatable bonds is 5. The molecule has 0 fully saturated rings. The topological polar surface area (TPSA) is 89.7 Å². The van der Waals surface area contributed by atoms with Gasteiger partial charge in [-0.2, -0.15) is 0 Å². The van der Waals surface area contributed by atoms with Crippen LogP contribution in [-0.2, 0) is 14.8 Å². The van der Waals surface area contributed by atoms with E-state index in [4.69, 9.17) is 5.73 Å². The molecule has 0 amide bonds. The summed E-state index contributed by atoms with van der Waals surface area (Å²) < 4.78 is 29.2. The highest BCUT2D eigenvalue weighted by molar-refractivity contribution is 7.92. The second-order valence-electron chi connectivity index (χ2n) is 3.61. The van der Waals surface area contributed by atoms with E-state index < -0.39 is 16.0 Å². The van der Waals surface area contributed by atoms with Gasteiger partial charge in [0.1, 0.15) is 0 Å². The molecule has 2 N–H and O–H groups in total. The van der Waals surface area contributed by atoms with Crippen LogP contribution in [0.2, 0.25) is 0 Å². The van der Waals surface area contributed by atoms with E-state index in [1.54, 1.807) is 12.1 Å². The van der Waals surface area contributed by atoms with Gasteiger partial charge in [0.2, 0.25) is 10.0 Å². The lowest BCUT2D eigenvalue weighted by Crippen LogP contribution is -2.31. The summed E-state index contributed by atoms with van der Waals surface area (Å²) in [5.41, 5.74) is 6.08. The zero-order valence-electron chi connectivity index (χ0n) is 10.3. The Labute approximate surface area is 106 Å². The molecule has 0 spiro atoms. The number of nitrogens with zero attached hydrogens (tertiary/aromatic N) is 1. The molecule has 0 aliphatic carbocycles. The zero-order chi connectivity index (χ0) is 13.8. The number of anilines is 1. The van der Waals surface area contributed by atoms with E-state index in [9.17, 15) is 13.2 Å². The summed E-state index contributed by atoms with van der Waals surface area (Å²) in [6.45, 7) is 0.0624. The molecule has 0 heterocycles. The highest BCUT2D eigenvalue weighted by atomic mass is 32.2. The van der Waals surface area contributed by atoms with Crippen LogP contribution in [0.3, 0.4) is 0 Å². The van der Waals surface area contributed by atoms with Crippen LogP contribution in [0.25, 0.3) is 0 Å². The lowest BCUT2D eigenvalue weighted by Gasteiger charge is -2.19. The molecule has 0 atom stereocenters. The molecule has 18 heavy (non-hydrogen) atoms. The number of methoxy groups -OCH3 is 1. The van der Waals surface area contributed by atoms with Crippen molar-refractivity contribution in [3.8, 4) is 0 Å². The summed E-state index contributed by atoms with van der Waals surface area (Å²) in [7, 11) is -0.682. The van der Waals surface area contributed by atoms with E-state index in [2.05, 4.69) is 4.74 Å². The molecule has 0 saturated carbocycles. The molecule has 7 heteroatoms. The predicted octanol–water partition coefficient (Wildman–Crippen LogP) is 0.198. The maximum atomic E-state index is 11.8. The summed E-state index contributed by atoms with van der Waals surface area (Å²) in [4.78, 5) is 11.2. The monoisotopic (exact) mass is 272 g/mol. The van der Waals surface area contributed by atoms with E-state index in [1.807, 2.05) is 0 Å². The molecule has 1 rings (SSSR count). The van der Waals surface area contributed by atoms with Crippen molar-refractivity contribution < 1.29 is 17.9 Å². The molecule has 1 aromatic carbocycles. The average molecular weight is 272 g/mol. The number of carbonyl (C=O) groups is 1. The summed E-state index contributed by atoms with van der Waals surface area (Å²) in [5, 5.41) is 0. The van der Waals surface area contributed by atoms with Gasteiger partial charge in [0.15, 0.2) is 0 Å². The van der Waals surface area contributed by atoms with Crippen molar-refractivity contribution in [1.29, 1.82) is 0 Å². The van der Waals surface area contributed by atoms with Gasteiger partial charge in [0.25, 0.3) is 0 Å². The van der Waals surface area contributed by atoms with Gasteiger partial charge in [-0.05, 0) is 24.3 Å². The Hall–Kier alpha value is -1.60. The third kappa shape index (κ3) is 3.21. The molecule has 0 aromatic heterocycles.